The van der Waals surface area contributed by atoms with Crippen molar-refractivity contribution in [2.24, 2.45) is 15.4 Å². The maximum absolute atomic E-state index is 4.43. The minimum absolute atomic E-state index is 0.0339. The summed E-state index contributed by atoms with van der Waals surface area (Å²) in [6.07, 6.45) is 5.47. The molecule has 18 heavy (non-hydrogen) atoms. The Bertz CT molecular complexity index is 365. The molecule has 0 N–H and O–H groups in total. The van der Waals surface area contributed by atoms with Gasteiger partial charge in [-0.2, -0.15) is 0 Å². The van der Waals surface area contributed by atoms with Crippen molar-refractivity contribution in [1.82, 2.24) is 0 Å². The molecule has 0 rings (SSSR count). The molecule has 100 valence electrons. The van der Waals surface area contributed by atoms with E-state index in [0.29, 0.717) is 6.54 Å². The van der Waals surface area contributed by atoms with Crippen LogP contribution in [0, 0.1) is 5.41 Å². The number of hydrogen-bond acceptors (Lipinski definition) is 2. The molecule has 0 aromatic rings. The first-order valence-corrected chi connectivity index (χ1v) is 6.34. The highest BCUT2D eigenvalue weighted by Gasteiger charge is 2.18. The number of aliphatic imine (C=N–C) groups is 2. The summed E-state index contributed by atoms with van der Waals surface area (Å²) in [5.41, 5.74) is 3.16. The van der Waals surface area contributed by atoms with Crippen molar-refractivity contribution in [3.8, 4) is 0 Å². The highest BCUT2D eigenvalue weighted by atomic mass is 14.8. The van der Waals surface area contributed by atoms with Crippen LogP contribution in [0.4, 0.5) is 0 Å². The van der Waals surface area contributed by atoms with Crippen molar-refractivity contribution in [2.75, 3.05) is 6.54 Å². The average molecular weight is 246 g/mol. The Hall–Kier alpha value is -1.44. The van der Waals surface area contributed by atoms with Crippen LogP contribution in [0.25, 0.3) is 0 Å². The third-order valence-corrected chi connectivity index (χ3v) is 2.60. The Balaban J connectivity index is 5.16. The molecule has 0 radical (unpaired) electrons. The van der Waals surface area contributed by atoms with E-state index in [1.165, 1.54) is 0 Å². The molecule has 0 atom stereocenters. The van der Waals surface area contributed by atoms with Crippen LogP contribution < -0.4 is 0 Å². The van der Waals surface area contributed by atoms with Crippen LogP contribution in [-0.4, -0.2) is 19.5 Å². The smallest absolute Gasteiger partial charge is 0.0597 e. The molecule has 2 heteroatoms. The minimum Gasteiger partial charge on any atom is -0.288 e. The van der Waals surface area contributed by atoms with E-state index in [1.54, 1.807) is 0 Å². The summed E-state index contributed by atoms with van der Waals surface area (Å²) in [6.45, 7) is 20.5. The standard InChI is InChI=1S/C16H26N2/c1-8-10-14(12-18-11-13(3)9-2)15(17-7)16(4,5)6/h8,12H,1,3,7,9-11H2,2,4-6H3/b15-14-,18-12?. The van der Waals surface area contributed by atoms with Gasteiger partial charge >= 0.3 is 0 Å². The summed E-state index contributed by atoms with van der Waals surface area (Å²) in [4.78, 5) is 8.59. The highest BCUT2D eigenvalue weighted by molar-refractivity contribution is 5.80. The maximum Gasteiger partial charge on any atom is 0.0597 e. The van der Waals surface area contributed by atoms with E-state index >= 15 is 0 Å². The van der Waals surface area contributed by atoms with Gasteiger partial charge in [0.2, 0.25) is 0 Å². The number of nitrogens with zero attached hydrogens (tertiary/aromatic N) is 2. The largest absolute Gasteiger partial charge is 0.288 e. The maximum atomic E-state index is 4.43. The Labute approximate surface area is 112 Å². The zero-order valence-electron chi connectivity index (χ0n) is 12.3. The fourth-order valence-corrected chi connectivity index (χ4v) is 1.58. The lowest BCUT2D eigenvalue weighted by molar-refractivity contribution is 0.495. The van der Waals surface area contributed by atoms with Crippen molar-refractivity contribution in [1.29, 1.82) is 0 Å². The summed E-state index contributed by atoms with van der Waals surface area (Å²) in [7, 11) is 0. The molecule has 0 amide bonds. The van der Waals surface area contributed by atoms with Crippen molar-refractivity contribution >= 4 is 12.9 Å². The third kappa shape index (κ3) is 5.76. The first-order valence-electron chi connectivity index (χ1n) is 6.34. The van der Waals surface area contributed by atoms with Crippen LogP contribution in [0.2, 0.25) is 0 Å². The zero-order chi connectivity index (χ0) is 14.2. The lowest BCUT2D eigenvalue weighted by atomic mass is 9.88. The molecule has 0 fully saturated rings. The summed E-state index contributed by atoms with van der Waals surface area (Å²) in [5.74, 6) is 0. The van der Waals surface area contributed by atoms with Crippen molar-refractivity contribution < 1.29 is 0 Å². The molecular weight excluding hydrogens is 220 g/mol. The van der Waals surface area contributed by atoms with Gasteiger partial charge in [0, 0.05) is 17.3 Å². The molecule has 0 bridgehead atoms. The molecule has 0 saturated heterocycles. The zero-order valence-corrected chi connectivity index (χ0v) is 12.3. The van der Waals surface area contributed by atoms with E-state index in [9.17, 15) is 0 Å². The number of allylic oxidation sites excluding steroid dienone is 3. The van der Waals surface area contributed by atoms with Crippen LogP contribution >= 0.6 is 0 Å². The van der Waals surface area contributed by atoms with E-state index < -0.39 is 0 Å². The van der Waals surface area contributed by atoms with Crippen LogP contribution in [-0.2, 0) is 0 Å². The van der Waals surface area contributed by atoms with Crippen molar-refractivity contribution in [2.45, 2.75) is 40.5 Å². The van der Waals surface area contributed by atoms with E-state index in [-0.39, 0.29) is 5.41 Å². The Morgan fingerprint density at radius 3 is 2.28 bits per heavy atom. The molecule has 0 unspecified atom stereocenters. The predicted octanol–water partition coefficient (Wildman–Crippen LogP) is 4.60. The van der Waals surface area contributed by atoms with E-state index in [1.807, 2.05) is 12.3 Å². The molecule has 0 aliphatic carbocycles. The summed E-state index contributed by atoms with van der Waals surface area (Å²) < 4.78 is 0. The van der Waals surface area contributed by atoms with Gasteiger partial charge in [-0.05, 0) is 25.1 Å². The SMILES string of the molecule is C=CC/C(C=NCC(=C)CC)=C(/N=C)C(C)(C)C. The lowest BCUT2D eigenvalue weighted by Gasteiger charge is -2.21. The molecule has 0 spiro atoms. The molecule has 0 aromatic heterocycles. The second kappa shape index (κ2) is 7.80. The summed E-state index contributed by atoms with van der Waals surface area (Å²) >= 11 is 0. The minimum atomic E-state index is -0.0339. The van der Waals surface area contributed by atoms with E-state index in [0.717, 1.165) is 29.7 Å². The predicted molar refractivity (Wildman–Crippen MR) is 83.6 cm³/mol. The normalized spacial score (nSPS) is 13.3. The van der Waals surface area contributed by atoms with Crippen LogP contribution in [0.15, 0.2) is 46.1 Å². The molecule has 0 aromatic carbocycles. The van der Waals surface area contributed by atoms with E-state index in [2.05, 4.69) is 57.6 Å². The first-order chi connectivity index (χ1) is 8.36. The summed E-state index contributed by atoms with van der Waals surface area (Å²) in [6, 6.07) is 0. The quantitative estimate of drug-likeness (QED) is 0.463. The lowest BCUT2D eigenvalue weighted by Crippen LogP contribution is -2.11. The van der Waals surface area contributed by atoms with Gasteiger partial charge in [-0.3, -0.25) is 9.98 Å². The van der Waals surface area contributed by atoms with Gasteiger partial charge in [-0.15, -0.1) is 6.58 Å². The molecule has 0 saturated carbocycles. The van der Waals surface area contributed by atoms with Crippen LogP contribution in [0.1, 0.15) is 40.5 Å². The Morgan fingerprint density at radius 2 is 1.89 bits per heavy atom. The van der Waals surface area contributed by atoms with Gasteiger partial charge in [-0.1, -0.05) is 45.9 Å². The van der Waals surface area contributed by atoms with Gasteiger partial charge in [0.25, 0.3) is 0 Å². The molecule has 0 heterocycles. The molecule has 0 aliphatic heterocycles. The van der Waals surface area contributed by atoms with Crippen LogP contribution in [0.3, 0.4) is 0 Å². The Morgan fingerprint density at radius 1 is 1.28 bits per heavy atom. The second-order valence-electron chi connectivity index (χ2n) is 5.35. The van der Waals surface area contributed by atoms with Gasteiger partial charge in [-0.25, -0.2) is 0 Å². The van der Waals surface area contributed by atoms with E-state index in [4.69, 9.17) is 0 Å². The first kappa shape index (κ1) is 16.6. The van der Waals surface area contributed by atoms with Gasteiger partial charge in [0.1, 0.15) is 0 Å². The number of rotatable bonds is 7. The van der Waals surface area contributed by atoms with Crippen molar-refractivity contribution in [3.63, 3.8) is 0 Å². The average Bonchev–Trinajstić information content (AvgIpc) is 2.27. The second-order valence-corrected chi connectivity index (χ2v) is 5.35. The molecular formula is C16H26N2. The van der Waals surface area contributed by atoms with Gasteiger partial charge in [0.05, 0.1) is 6.54 Å². The molecule has 0 aliphatic rings. The van der Waals surface area contributed by atoms with Crippen molar-refractivity contribution in [3.05, 3.63) is 36.1 Å². The van der Waals surface area contributed by atoms with Gasteiger partial charge < -0.3 is 0 Å². The third-order valence-electron chi connectivity index (χ3n) is 2.60. The number of hydrogen-bond donors (Lipinski definition) is 0. The molecule has 2 nitrogen and oxygen atoms in total. The monoisotopic (exact) mass is 246 g/mol. The van der Waals surface area contributed by atoms with Crippen LogP contribution in [0.5, 0.6) is 0 Å². The fraction of sp³-hybridized carbons (Fsp3) is 0.500. The Kier molecular flexibility index (Phi) is 7.18. The fourth-order valence-electron chi connectivity index (χ4n) is 1.58. The summed E-state index contributed by atoms with van der Waals surface area (Å²) in [5, 5.41) is 0. The van der Waals surface area contributed by atoms with Gasteiger partial charge in [0.15, 0.2) is 0 Å². The topological polar surface area (TPSA) is 24.7 Å². The highest BCUT2D eigenvalue weighted by Crippen LogP contribution is 2.29.